The minimum Gasteiger partial charge on any atom is -0.504 e. The summed E-state index contributed by atoms with van der Waals surface area (Å²) in [7, 11) is 2.08. The number of esters is 1. The molecule has 0 atom stereocenters. The molecule has 0 amide bonds. The fraction of sp³-hybridized carbons (Fsp3) is 0.381. The van der Waals surface area contributed by atoms with Crippen molar-refractivity contribution in [2.75, 3.05) is 32.1 Å². The summed E-state index contributed by atoms with van der Waals surface area (Å²) in [4.78, 5) is 23.2. The summed E-state index contributed by atoms with van der Waals surface area (Å²) < 4.78 is 11.0. The summed E-state index contributed by atoms with van der Waals surface area (Å²) >= 11 is 0. The van der Waals surface area contributed by atoms with E-state index in [0.29, 0.717) is 5.82 Å². The van der Waals surface area contributed by atoms with E-state index in [2.05, 4.69) is 27.2 Å². The van der Waals surface area contributed by atoms with Crippen molar-refractivity contribution in [2.24, 2.45) is 4.99 Å². The van der Waals surface area contributed by atoms with E-state index in [9.17, 15) is 9.90 Å². The van der Waals surface area contributed by atoms with Gasteiger partial charge in [-0.3, -0.25) is 0 Å². The van der Waals surface area contributed by atoms with Crippen LogP contribution in [0.15, 0.2) is 27.7 Å². The van der Waals surface area contributed by atoms with Crippen LogP contribution in [-0.4, -0.2) is 60.0 Å². The number of nitrogens with one attached hydrogen (secondary N) is 1. The zero-order valence-corrected chi connectivity index (χ0v) is 16.5. The third kappa shape index (κ3) is 3.88. The number of carbonyl (C=O) groups is 1. The quantitative estimate of drug-likeness (QED) is 0.748. The van der Waals surface area contributed by atoms with Crippen molar-refractivity contribution in [3.8, 4) is 5.75 Å². The maximum absolute atomic E-state index is 12.5. The van der Waals surface area contributed by atoms with Crippen molar-refractivity contribution in [1.29, 1.82) is 0 Å². The van der Waals surface area contributed by atoms with Crippen molar-refractivity contribution in [2.45, 2.75) is 25.8 Å². The van der Waals surface area contributed by atoms with Crippen molar-refractivity contribution in [3.05, 3.63) is 35.2 Å². The molecule has 2 aliphatic rings. The molecular formula is C21H24N4O4. The van der Waals surface area contributed by atoms with Crippen LogP contribution in [0.3, 0.4) is 0 Å². The van der Waals surface area contributed by atoms with Crippen LogP contribution < -0.4 is 5.32 Å². The number of aromatic nitrogens is 1. The summed E-state index contributed by atoms with van der Waals surface area (Å²) in [6.45, 7) is 3.84. The van der Waals surface area contributed by atoms with E-state index in [-0.39, 0.29) is 35.6 Å². The maximum Gasteiger partial charge on any atom is 0.347 e. The third-order valence-electron chi connectivity index (χ3n) is 5.15. The molecule has 0 radical (unpaired) electrons. The van der Waals surface area contributed by atoms with E-state index in [4.69, 9.17) is 9.15 Å². The smallest absolute Gasteiger partial charge is 0.347 e. The van der Waals surface area contributed by atoms with Crippen LogP contribution >= 0.6 is 0 Å². The first-order chi connectivity index (χ1) is 14.1. The number of likely N-dealkylation sites (tertiary alicyclic amines) is 1. The highest BCUT2D eigenvalue weighted by Gasteiger charge is 2.29. The summed E-state index contributed by atoms with van der Waals surface area (Å²) in [6.07, 6.45) is 6.83. The Kier molecular flexibility index (Phi) is 5.35. The second kappa shape index (κ2) is 8.08. The van der Waals surface area contributed by atoms with E-state index in [1.807, 2.05) is 12.1 Å². The van der Waals surface area contributed by atoms with Crippen LogP contribution in [0.25, 0.3) is 11.6 Å². The SMILES string of the molecule is CCOC(=O)c1c(NC2CCN(C)CC2)oc(C=C2C=Nc3ncccc32)c1O. The van der Waals surface area contributed by atoms with E-state index < -0.39 is 5.97 Å². The van der Waals surface area contributed by atoms with Gasteiger partial charge in [0.25, 0.3) is 0 Å². The Hall–Kier alpha value is -3.13. The van der Waals surface area contributed by atoms with Gasteiger partial charge in [-0.1, -0.05) is 0 Å². The first-order valence-corrected chi connectivity index (χ1v) is 9.76. The van der Waals surface area contributed by atoms with Gasteiger partial charge in [-0.25, -0.2) is 14.8 Å². The second-order valence-electron chi connectivity index (χ2n) is 7.19. The molecule has 152 valence electrons. The van der Waals surface area contributed by atoms with Crippen molar-refractivity contribution in [3.63, 3.8) is 0 Å². The van der Waals surface area contributed by atoms with Crippen LogP contribution in [0, 0.1) is 0 Å². The number of ether oxygens (including phenoxy) is 1. The van der Waals surface area contributed by atoms with Gasteiger partial charge < -0.3 is 24.5 Å². The number of rotatable bonds is 5. The van der Waals surface area contributed by atoms with E-state index in [0.717, 1.165) is 37.1 Å². The highest BCUT2D eigenvalue weighted by molar-refractivity contribution is 6.21. The predicted molar refractivity (Wildman–Crippen MR) is 111 cm³/mol. The van der Waals surface area contributed by atoms with Crippen LogP contribution in [0.2, 0.25) is 0 Å². The lowest BCUT2D eigenvalue weighted by atomic mass is 10.1. The topological polar surface area (TPSA) is 100 Å². The van der Waals surface area contributed by atoms with Gasteiger partial charge in [0.15, 0.2) is 22.9 Å². The molecule has 8 heteroatoms. The van der Waals surface area contributed by atoms with Gasteiger partial charge in [-0.15, -0.1) is 0 Å². The average Bonchev–Trinajstić information content (AvgIpc) is 3.25. The minimum absolute atomic E-state index is 0.0268. The van der Waals surface area contributed by atoms with Crippen LogP contribution in [0.4, 0.5) is 11.7 Å². The molecule has 4 heterocycles. The molecule has 2 N–H and O–H groups in total. The Labute approximate surface area is 168 Å². The summed E-state index contributed by atoms with van der Waals surface area (Å²) in [5.41, 5.74) is 1.61. The highest BCUT2D eigenvalue weighted by atomic mass is 16.5. The number of nitrogens with zero attached hydrogens (tertiary/aromatic N) is 3. The van der Waals surface area contributed by atoms with Gasteiger partial charge in [0.05, 0.1) is 6.61 Å². The molecule has 29 heavy (non-hydrogen) atoms. The first kappa shape index (κ1) is 19.2. The minimum atomic E-state index is -0.615. The lowest BCUT2D eigenvalue weighted by molar-refractivity contribution is 0.0524. The lowest BCUT2D eigenvalue weighted by Crippen LogP contribution is -2.36. The number of fused-ring (bicyclic) bond motifs is 1. The molecule has 0 aliphatic carbocycles. The van der Waals surface area contributed by atoms with Gasteiger partial charge in [-0.2, -0.15) is 0 Å². The number of hydrogen-bond acceptors (Lipinski definition) is 8. The molecule has 1 fully saturated rings. The van der Waals surface area contributed by atoms with Gasteiger partial charge in [0.1, 0.15) is 0 Å². The number of furan rings is 1. The van der Waals surface area contributed by atoms with E-state index >= 15 is 0 Å². The molecule has 0 saturated carbocycles. The largest absolute Gasteiger partial charge is 0.504 e. The zero-order valence-electron chi connectivity index (χ0n) is 16.5. The highest BCUT2D eigenvalue weighted by Crippen LogP contribution is 2.39. The molecule has 2 aromatic rings. The molecule has 8 nitrogen and oxygen atoms in total. The van der Waals surface area contributed by atoms with Crippen LogP contribution in [0.1, 0.15) is 41.4 Å². The Bertz CT molecular complexity index is 971. The number of pyridine rings is 1. The summed E-state index contributed by atoms with van der Waals surface area (Å²) in [5.74, 6) is 0.179. The van der Waals surface area contributed by atoms with Crippen molar-refractivity contribution in [1.82, 2.24) is 9.88 Å². The average molecular weight is 396 g/mol. The monoisotopic (exact) mass is 396 g/mol. The Morgan fingerprint density at radius 1 is 1.45 bits per heavy atom. The zero-order chi connectivity index (χ0) is 20.4. The summed E-state index contributed by atoms with van der Waals surface area (Å²) in [5, 5.41) is 14.0. The van der Waals surface area contributed by atoms with Crippen molar-refractivity contribution >= 4 is 35.5 Å². The molecule has 2 aliphatic heterocycles. The number of piperidine rings is 1. The maximum atomic E-state index is 12.5. The molecular weight excluding hydrogens is 372 g/mol. The number of aliphatic imine (C=N–C) groups is 1. The lowest BCUT2D eigenvalue weighted by Gasteiger charge is -2.29. The fourth-order valence-electron chi connectivity index (χ4n) is 3.55. The molecule has 4 rings (SSSR count). The summed E-state index contributed by atoms with van der Waals surface area (Å²) in [6, 6.07) is 3.87. The number of hydrogen-bond donors (Lipinski definition) is 2. The molecule has 0 spiro atoms. The molecule has 0 aromatic carbocycles. The number of anilines is 1. The fourth-order valence-corrected chi connectivity index (χ4v) is 3.55. The number of carbonyl (C=O) groups excluding carboxylic acids is 1. The van der Waals surface area contributed by atoms with Gasteiger partial charge >= 0.3 is 5.97 Å². The van der Waals surface area contributed by atoms with Crippen LogP contribution in [0.5, 0.6) is 5.75 Å². The number of aromatic hydroxyl groups is 1. The van der Waals surface area contributed by atoms with E-state index in [1.165, 1.54) is 0 Å². The third-order valence-corrected chi connectivity index (χ3v) is 5.15. The molecule has 0 unspecified atom stereocenters. The Morgan fingerprint density at radius 3 is 3.00 bits per heavy atom. The van der Waals surface area contributed by atoms with Crippen molar-refractivity contribution < 1.29 is 19.1 Å². The van der Waals surface area contributed by atoms with Crippen LogP contribution in [-0.2, 0) is 4.74 Å². The molecule has 1 saturated heterocycles. The van der Waals surface area contributed by atoms with E-state index in [1.54, 1.807) is 25.4 Å². The Morgan fingerprint density at radius 2 is 2.24 bits per heavy atom. The molecule has 0 bridgehead atoms. The molecule has 2 aromatic heterocycles. The second-order valence-corrected chi connectivity index (χ2v) is 7.19. The standard InChI is InChI=1S/C21H24N4O4/c1-3-28-21(27)17-18(26)16(11-13-12-23-19-15(13)5-4-8-22-19)29-20(17)24-14-6-9-25(2)10-7-14/h4-5,8,11-12,14,24,26H,3,6-7,9-10H2,1-2H3. The van der Waals surface area contributed by atoms with Gasteiger partial charge in [-0.05, 0) is 58.1 Å². The number of allylic oxidation sites excluding steroid dienone is 1. The normalized spacial score (nSPS) is 18.2. The van der Waals surface area contributed by atoms with Gasteiger partial charge in [0.2, 0.25) is 5.88 Å². The Balaban J connectivity index is 1.67. The first-order valence-electron chi connectivity index (χ1n) is 9.76. The van der Waals surface area contributed by atoms with Gasteiger partial charge in [0, 0.05) is 29.6 Å². The predicted octanol–water partition coefficient (Wildman–Crippen LogP) is 3.32.